The number of piperidine rings is 1. The van der Waals surface area contributed by atoms with Crippen LogP contribution < -0.4 is 10.1 Å². The summed E-state index contributed by atoms with van der Waals surface area (Å²) >= 11 is 0. The fourth-order valence-electron chi connectivity index (χ4n) is 3.49. The van der Waals surface area contributed by atoms with E-state index in [1.54, 1.807) is 38.1 Å². The van der Waals surface area contributed by atoms with Crippen LogP contribution in [0.5, 0.6) is 5.75 Å². The zero-order valence-corrected chi connectivity index (χ0v) is 16.8. The van der Waals surface area contributed by atoms with E-state index in [1.807, 2.05) is 4.90 Å². The van der Waals surface area contributed by atoms with Crippen LogP contribution in [0.1, 0.15) is 60.8 Å². The first kappa shape index (κ1) is 19.4. The number of aryl methyl sites for hydroxylation is 1. The largest absolute Gasteiger partial charge is 0.490 e. The minimum absolute atomic E-state index is 0.0960. The van der Waals surface area contributed by atoms with E-state index >= 15 is 0 Å². The molecular weight excluding hydrogens is 372 g/mol. The van der Waals surface area contributed by atoms with Crippen molar-refractivity contribution in [2.45, 2.75) is 51.7 Å². The Hall–Kier alpha value is -2.90. The van der Waals surface area contributed by atoms with Crippen molar-refractivity contribution in [3.8, 4) is 5.75 Å². The topological polar surface area (TPSA) is 97.6 Å². The minimum Gasteiger partial charge on any atom is -0.490 e. The van der Waals surface area contributed by atoms with Gasteiger partial charge in [-0.1, -0.05) is 0 Å². The lowest BCUT2D eigenvalue weighted by molar-refractivity contribution is -0.134. The number of aromatic nitrogens is 2. The Morgan fingerprint density at radius 1 is 1.14 bits per heavy atom. The molecule has 154 valence electrons. The van der Waals surface area contributed by atoms with Crippen molar-refractivity contribution in [1.29, 1.82) is 0 Å². The first-order chi connectivity index (χ1) is 14.0. The van der Waals surface area contributed by atoms with Gasteiger partial charge in [-0.05, 0) is 44.0 Å². The molecule has 2 aliphatic rings. The summed E-state index contributed by atoms with van der Waals surface area (Å²) in [6.07, 6.45) is 3.85. The van der Waals surface area contributed by atoms with Crippen LogP contribution in [0.4, 0.5) is 0 Å². The smallest absolute Gasteiger partial charge is 0.251 e. The lowest BCUT2D eigenvalue weighted by atomic mass is 10.1. The summed E-state index contributed by atoms with van der Waals surface area (Å²) in [5, 5.41) is 10.5. The predicted molar refractivity (Wildman–Crippen MR) is 104 cm³/mol. The lowest BCUT2D eigenvalue weighted by Crippen LogP contribution is -2.42. The normalized spacial score (nSPS) is 18.3. The number of ether oxygens (including phenoxy) is 1. The molecule has 0 bridgehead atoms. The third-order valence-corrected chi connectivity index (χ3v) is 5.36. The summed E-state index contributed by atoms with van der Waals surface area (Å²) in [5.41, 5.74) is 0.533. The molecule has 0 unspecified atom stereocenters. The van der Waals surface area contributed by atoms with Crippen molar-refractivity contribution in [2.24, 2.45) is 5.92 Å². The zero-order valence-electron chi connectivity index (χ0n) is 16.8. The number of carbonyl (C=O) groups excluding carboxylic acids is 2. The molecule has 1 saturated carbocycles. The number of hydrogen-bond acceptors (Lipinski definition) is 6. The average Bonchev–Trinajstić information content (AvgIpc) is 3.49. The lowest BCUT2D eigenvalue weighted by Gasteiger charge is -2.32. The Morgan fingerprint density at radius 3 is 2.41 bits per heavy atom. The molecule has 1 atom stereocenters. The molecule has 0 spiro atoms. The number of likely N-dealkylation sites (tertiary alicyclic amines) is 1. The second-order valence-electron chi connectivity index (χ2n) is 7.80. The summed E-state index contributed by atoms with van der Waals surface area (Å²) in [6, 6.07) is 6.71. The van der Waals surface area contributed by atoms with Gasteiger partial charge in [0.2, 0.25) is 17.7 Å². The Bertz CT molecular complexity index is 867. The molecule has 8 nitrogen and oxygen atoms in total. The van der Waals surface area contributed by atoms with E-state index in [0.29, 0.717) is 23.3 Å². The molecule has 2 heterocycles. The van der Waals surface area contributed by atoms with E-state index in [-0.39, 0.29) is 24.0 Å². The van der Waals surface area contributed by atoms with Crippen LogP contribution in [0.3, 0.4) is 0 Å². The second-order valence-corrected chi connectivity index (χ2v) is 7.80. The van der Waals surface area contributed by atoms with Crippen LogP contribution in [-0.2, 0) is 4.79 Å². The van der Waals surface area contributed by atoms with Gasteiger partial charge in [0.15, 0.2) is 0 Å². The van der Waals surface area contributed by atoms with Gasteiger partial charge in [0.25, 0.3) is 5.91 Å². The molecule has 29 heavy (non-hydrogen) atoms. The highest BCUT2D eigenvalue weighted by atomic mass is 16.5. The third kappa shape index (κ3) is 4.75. The first-order valence-electron chi connectivity index (χ1n) is 10.2. The first-order valence-corrected chi connectivity index (χ1v) is 10.2. The van der Waals surface area contributed by atoms with E-state index in [9.17, 15) is 9.59 Å². The van der Waals surface area contributed by atoms with Crippen LogP contribution in [0, 0.1) is 12.8 Å². The van der Waals surface area contributed by atoms with Gasteiger partial charge < -0.3 is 19.4 Å². The number of nitrogens with zero attached hydrogens (tertiary/aromatic N) is 3. The standard InChI is InChI=1S/C21H26N4O4/c1-13(20-24-23-14(2)28-20)22-19(26)15-5-7-17(8-6-15)29-18-9-11-25(12-10-18)21(27)16-3-4-16/h5-8,13,16,18H,3-4,9-12H2,1-2H3,(H,22,26)/t13-/m0/s1. The van der Waals surface area contributed by atoms with E-state index < -0.39 is 0 Å². The van der Waals surface area contributed by atoms with Gasteiger partial charge in [0, 0.05) is 44.3 Å². The van der Waals surface area contributed by atoms with Crippen LogP contribution in [0.15, 0.2) is 28.7 Å². The fourth-order valence-corrected chi connectivity index (χ4v) is 3.49. The van der Waals surface area contributed by atoms with Crippen molar-refractivity contribution >= 4 is 11.8 Å². The summed E-state index contributed by atoms with van der Waals surface area (Å²) in [4.78, 5) is 26.5. The Labute approximate surface area is 169 Å². The maximum absolute atomic E-state index is 12.4. The molecule has 1 aromatic heterocycles. The van der Waals surface area contributed by atoms with Gasteiger partial charge in [0.05, 0.1) is 0 Å². The molecule has 1 N–H and O–H groups in total. The van der Waals surface area contributed by atoms with Crippen molar-refractivity contribution in [2.75, 3.05) is 13.1 Å². The Kier molecular flexibility index (Phi) is 5.51. The third-order valence-electron chi connectivity index (χ3n) is 5.36. The monoisotopic (exact) mass is 398 g/mol. The SMILES string of the molecule is Cc1nnc([C@H](C)NC(=O)c2ccc(OC3CCN(C(=O)C4CC4)CC3)cc2)o1. The maximum atomic E-state index is 12.4. The summed E-state index contributed by atoms with van der Waals surface area (Å²) in [7, 11) is 0. The predicted octanol–water partition coefficient (Wildman–Crippen LogP) is 2.65. The van der Waals surface area contributed by atoms with Gasteiger partial charge >= 0.3 is 0 Å². The Balaban J connectivity index is 1.26. The van der Waals surface area contributed by atoms with Crippen LogP contribution in [0.25, 0.3) is 0 Å². The van der Waals surface area contributed by atoms with E-state index in [4.69, 9.17) is 9.15 Å². The van der Waals surface area contributed by atoms with E-state index in [0.717, 1.165) is 44.5 Å². The van der Waals surface area contributed by atoms with Gasteiger partial charge in [-0.2, -0.15) is 0 Å². The van der Waals surface area contributed by atoms with E-state index in [1.165, 1.54) is 0 Å². The molecular formula is C21H26N4O4. The summed E-state index contributed by atoms with van der Waals surface area (Å²) < 4.78 is 11.4. The number of nitrogens with one attached hydrogen (secondary N) is 1. The molecule has 0 radical (unpaired) electrons. The second kappa shape index (κ2) is 8.23. The number of carbonyl (C=O) groups is 2. The molecule has 1 aliphatic carbocycles. The van der Waals surface area contributed by atoms with Gasteiger partial charge in [-0.15, -0.1) is 10.2 Å². The molecule has 1 aromatic carbocycles. The maximum Gasteiger partial charge on any atom is 0.251 e. The van der Waals surface area contributed by atoms with Crippen LogP contribution in [-0.4, -0.2) is 46.1 Å². The minimum atomic E-state index is -0.372. The quantitative estimate of drug-likeness (QED) is 0.803. The number of benzene rings is 1. The van der Waals surface area contributed by atoms with E-state index in [2.05, 4.69) is 15.5 Å². The zero-order chi connectivity index (χ0) is 20.4. The van der Waals surface area contributed by atoms with Crippen molar-refractivity contribution in [3.63, 3.8) is 0 Å². The van der Waals surface area contributed by atoms with Crippen molar-refractivity contribution in [3.05, 3.63) is 41.6 Å². The van der Waals surface area contributed by atoms with Gasteiger partial charge in [0.1, 0.15) is 17.9 Å². The highest BCUT2D eigenvalue weighted by molar-refractivity contribution is 5.94. The van der Waals surface area contributed by atoms with Crippen LogP contribution in [0.2, 0.25) is 0 Å². The number of hydrogen-bond donors (Lipinski definition) is 1. The average molecular weight is 398 g/mol. The fraction of sp³-hybridized carbons (Fsp3) is 0.524. The molecule has 2 amide bonds. The van der Waals surface area contributed by atoms with Crippen molar-refractivity contribution < 1.29 is 18.7 Å². The van der Waals surface area contributed by atoms with Gasteiger partial charge in [-0.3, -0.25) is 9.59 Å². The molecule has 2 fully saturated rings. The van der Waals surface area contributed by atoms with Gasteiger partial charge in [-0.25, -0.2) is 0 Å². The highest BCUT2D eigenvalue weighted by Gasteiger charge is 2.35. The molecule has 2 aromatic rings. The number of rotatable bonds is 6. The Morgan fingerprint density at radius 2 is 1.83 bits per heavy atom. The molecule has 4 rings (SSSR count). The summed E-state index contributed by atoms with van der Waals surface area (Å²) in [6.45, 7) is 5.02. The molecule has 1 aliphatic heterocycles. The highest BCUT2D eigenvalue weighted by Crippen LogP contribution is 2.32. The van der Waals surface area contributed by atoms with Crippen molar-refractivity contribution in [1.82, 2.24) is 20.4 Å². The molecule has 1 saturated heterocycles. The summed E-state index contributed by atoms with van der Waals surface area (Å²) in [5.74, 6) is 1.94. The van der Waals surface area contributed by atoms with Crippen LogP contribution >= 0.6 is 0 Å². The number of amides is 2. The molecule has 8 heteroatoms.